The number of aromatic nitrogens is 1. The molecule has 0 aliphatic carbocycles. The van der Waals surface area contributed by atoms with Crippen LogP contribution in [0.25, 0.3) is 17.0 Å². The third-order valence-electron chi connectivity index (χ3n) is 6.15. The molecule has 4 rings (SSSR count). The summed E-state index contributed by atoms with van der Waals surface area (Å²) in [5.41, 5.74) is 3.75. The van der Waals surface area contributed by atoms with Gasteiger partial charge in [0, 0.05) is 22.2 Å². The lowest BCUT2D eigenvalue weighted by molar-refractivity contribution is -0.123. The van der Waals surface area contributed by atoms with Crippen LogP contribution >= 0.6 is 0 Å². The van der Waals surface area contributed by atoms with E-state index < -0.39 is 17.8 Å². The minimum absolute atomic E-state index is 0.0978. The van der Waals surface area contributed by atoms with Gasteiger partial charge in [0.1, 0.15) is 17.9 Å². The van der Waals surface area contributed by atoms with E-state index >= 15 is 0 Å². The number of rotatable bonds is 7. The second kappa shape index (κ2) is 9.32. The number of imide groups is 2. The lowest BCUT2D eigenvalue weighted by atomic mass is 9.98. The molecule has 0 unspecified atom stereocenters. The zero-order valence-corrected chi connectivity index (χ0v) is 19.0. The maximum absolute atomic E-state index is 12.2. The molecule has 0 bridgehead atoms. The zero-order chi connectivity index (χ0) is 23.5. The van der Waals surface area contributed by atoms with Crippen LogP contribution in [0.3, 0.4) is 0 Å². The number of ether oxygens (including phenoxy) is 1. The normalized spacial score (nSPS) is 14.8. The van der Waals surface area contributed by atoms with Crippen molar-refractivity contribution in [1.82, 2.24) is 15.2 Å². The molecule has 2 N–H and O–H groups in total. The molecule has 170 valence electrons. The van der Waals surface area contributed by atoms with Gasteiger partial charge in [-0.05, 0) is 43.0 Å². The molecular formula is C26H27N3O4. The first-order valence-electron chi connectivity index (χ1n) is 11.1. The molecule has 4 amide bonds. The summed E-state index contributed by atoms with van der Waals surface area (Å²) in [6.45, 7) is 7.37. The van der Waals surface area contributed by atoms with Gasteiger partial charge in [0.15, 0.2) is 0 Å². The lowest BCUT2D eigenvalue weighted by Crippen LogP contribution is -2.51. The van der Waals surface area contributed by atoms with Crippen LogP contribution in [0.5, 0.6) is 5.75 Å². The van der Waals surface area contributed by atoms with Crippen molar-refractivity contribution in [3.8, 4) is 5.75 Å². The van der Waals surface area contributed by atoms with E-state index in [1.165, 1.54) is 5.56 Å². The molecule has 0 radical (unpaired) electrons. The van der Waals surface area contributed by atoms with Gasteiger partial charge < -0.3 is 9.30 Å². The molecule has 7 heteroatoms. The third kappa shape index (κ3) is 4.39. The van der Waals surface area contributed by atoms with Crippen molar-refractivity contribution < 1.29 is 19.1 Å². The Hall–Kier alpha value is -3.87. The molecule has 1 saturated heterocycles. The van der Waals surface area contributed by atoms with Gasteiger partial charge in [-0.1, -0.05) is 50.2 Å². The average Bonchev–Trinajstić information content (AvgIpc) is 3.07. The van der Waals surface area contributed by atoms with E-state index in [2.05, 4.69) is 35.1 Å². The highest BCUT2D eigenvalue weighted by Crippen LogP contribution is 2.30. The van der Waals surface area contributed by atoms with Gasteiger partial charge >= 0.3 is 6.03 Å². The van der Waals surface area contributed by atoms with Gasteiger partial charge in [-0.2, -0.15) is 0 Å². The van der Waals surface area contributed by atoms with Crippen LogP contribution in [-0.2, 0) is 16.1 Å². The maximum atomic E-state index is 12.2. The Labute approximate surface area is 192 Å². The number of hydrogen-bond acceptors (Lipinski definition) is 4. The van der Waals surface area contributed by atoms with Crippen molar-refractivity contribution in [1.29, 1.82) is 0 Å². The number of benzene rings is 2. The van der Waals surface area contributed by atoms with Crippen LogP contribution in [-0.4, -0.2) is 29.0 Å². The Morgan fingerprint density at radius 1 is 1.00 bits per heavy atom. The number of urea groups is 1. The molecule has 1 aliphatic rings. The van der Waals surface area contributed by atoms with Crippen molar-refractivity contribution in [3.05, 3.63) is 70.9 Å². The van der Waals surface area contributed by atoms with Gasteiger partial charge in [-0.25, -0.2) is 4.79 Å². The number of hydrogen-bond donors (Lipinski definition) is 2. The Morgan fingerprint density at radius 2 is 1.67 bits per heavy atom. The molecule has 0 spiro atoms. The lowest BCUT2D eigenvalue weighted by Gasteiger charge is -2.16. The fourth-order valence-electron chi connectivity index (χ4n) is 4.16. The quantitative estimate of drug-likeness (QED) is 0.419. The first-order chi connectivity index (χ1) is 15.9. The zero-order valence-electron chi connectivity index (χ0n) is 19.0. The highest BCUT2D eigenvalue weighted by atomic mass is 16.5. The Balaban J connectivity index is 1.64. The van der Waals surface area contributed by atoms with E-state index in [1.54, 1.807) is 6.08 Å². The van der Waals surface area contributed by atoms with E-state index in [1.807, 2.05) is 49.4 Å². The van der Waals surface area contributed by atoms with Crippen LogP contribution in [0.2, 0.25) is 0 Å². The second-order valence-corrected chi connectivity index (χ2v) is 8.16. The standard InChI is InChI=1S/C26H27N3O4/c1-4-16(2)18-9-6-8-12-23(18)33-14-13-29-17(3)20(19-10-5-7-11-22(19)29)15-21-24(30)27-26(32)28-25(21)31/h5-12,15-16H,4,13-14H2,1-3H3,(H2,27,28,30,31,32)/t16-/m1/s1. The molecule has 7 nitrogen and oxygen atoms in total. The number of barbiturate groups is 1. The molecule has 33 heavy (non-hydrogen) atoms. The Morgan fingerprint density at radius 3 is 2.39 bits per heavy atom. The number of carbonyl (C=O) groups excluding carboxylic acids is 3. The summed E-state index contributed by atoms with van der Waals surface area (Å²) in [6, 6.07) is 15.1. The van der Waals surface area contributed by atoms with Crippen molar-refractivity contribution in [3.63, 3.8) is 0 Å². The summed E-state index contributed by atoms with van der Waals surface area (Å²) in [6.07, 6.45) is 2.58. The number of fused-ring (bicyclic) bond motifs is 1. The monoisotopic (exact) mass is 445 g/mol. The van der Waals surface area contributed by atoms with Crippen molar-refractivity contribution in [2.24, 2.45) is 0 Å². The number of nitrogens with zero attached hydrogens (tertiary/aromatic N) is 1. The summed E-state index contributed by atoms with van der Waals surface area (Å²) >= 11 is 0. The molecule has 2 aromatic carbocycles. The summed E-state index contributed by atoms with van der Waals surface area (Å²) in [5, 5.41) is 5.16. The highest BCUT2D eigenvalue weighted by molar-refractivity contribution is 6.31. The second-order valence-electron chi connectivity index (χ2n) is 8.16. The van der Waals surface area contributed by atoms with E-state index in [0.29, 0.717) is 19.1 Å². The molecule has 1 aromatic heterocycles. The Kier molecular flexibility index (Phi) is 6.31. The topological polar surface area (TPSA) is 89.4 Å². The highest BCUT2D eigenvalue weighted by Gasteiger charge is 2.28. The fourth-order valence-corrected chi connectivity index (χ4v) is 4.16. The first kappa shape index (κ1) is 22.3. The van der Waals surface area contributed by atoms with Gasteiger partial charge in [0.05, 0.1) is 6.54 Å². The maximum Gasteiger partial charge on any atom is 0.328 e. The van der Waals surface area contributed by atoms with E-state index in [0.717, 1.165) is 34.3 Å². The molecule has 3 aromatic rings. The molecule has 2 heterocycles. The van der Waals surface area contributed by atoms with Gasteiger partial charge in [0.25, 0.3) is 11.8 Å². The number of amides is 4. The summed E-state index contributed by atoms with van der Waals surface area (Å²) < 4.78 is 8.29. The van der Waals surface area contributed by atoms with Gasteiger partial charge in [-0.3, -0.25) is 20.2 Å². The van der Waals surface area contributed by atoms with E-state index in [4.69, 9.17) is 4.74 Å². The summed E-state index contributed by atoms with van der Waals surface area (Å²) in [7, 11) is 0. The summed E-state index contributed by atoms with van der Waals surface area (Å²) in [4.78, 5) is 35.8. The van der Waals surface area contributed by atoms with Gasteiger partial charge in [-0.15, -0.1) is 0 Å². The molecule has 1 aliphatic heterocycles. The van der Waals surface area contributed by atoms with Crippen molar-refractivity contribution in [2.45, 2.75) is 39.7 Å². The predicted molar refractivity (Wildman–Crippen MR) is 127 cm³/mol. The minimum Gasteiger partial charge on any atom is -0.491 e. The van der Waals surface area contributed by atoms with Crippen molar-refractivity contribution in [2.75, 3.05) is 6.61 Å². The van der Waals surface area contributed by atoms with Crippen molar-refractivity contribution >= 4 is 34.8 Å². The number of carbonyl (C=O) groups is 3. The molecule has 0 saturated carbocycles. The van der Waals surface area contributed by atoms with Crippen LogP contribution in [0.1, 0.15) is 43.0 Å². The van der Waals surface area contributed by atoms with Crippen LogP contribution in [0, 0.1) is 6.92 Å². The van der Waals surface area contributed by atoms with Crippen LogP contribution < -0.4 is 15.4 Å². The number of nitrogens with one attached hydrogen (secondary N) is 2. The minimum atomic E-state index is -0.809. The molecule has 1 atom stereocenters. The van der Waals surface area contributed by atoms with Crippen LogP contribution in [0.15, 0.2) is 54.1 Å². The van der Waals surface area contributed by atoms with Crippen LogP contribution in [0.4, 0.5) is 4.79 Å². The van der Waals surface area contributed by atoms with E-state index in [9.17, 15) is 14.4 Å². The molecular weight excluding hydrogens is 418 g/mol. The largest absolute Gasteiger partial charge is 0.491 e. The van der Waals surface area contributed by atoms with E-state index in [-0.39, 0.29) is 5.57 Å². The Bertz CT molecular complexity index is 1250. The summed E-state index contributed by atoms with van der Waals surface area (Å²) in [5.74, 6) is -0.105. The fraction of sp³-hybridized carbons (Fsp3) is 0.269. The number of para-hydroxylation sites is 2. The third-order valence-corrected chi connectivity index (χ3v) is 6.15. The average molecular weight is 446 g/mol. The molecule has 1 fully saturated rings. The van der Waals surface area contributed by atoms with Gasteiger partial charge in [0.2, 0.25) is 0 Å². The first-order valence-corrected chi connectivity index (χ1v) is 11.1. The predicted octanol–water partition coefficient (Wildman–Crippen LogP) is 4.29. The SMILES string of the molecule is CC[C@@H](C)c1ccccc1OCCn1c(C)c(C=C2C(=O)NC(=O)NC2=O)c2ccccc21. The smallest absolute Gasteiger partial charge is 0.328 e.